The van der Waals surface area contributed by atoms with Crippen LogP contribution in [-0.4, -0.2) is 44.3 Å². The van der Waals surface area contributed by atoms with Crippen LogP contribution in [0.25, 0.3) is 0 Å². The molecule has 0 bridgehead atoms. The number of hydrogen-bond donors (Lipinski definition) is 2. The third-order valence-electron chi connectivity index (χ3n) is 2.16. The van der Waals surface area contributed by atoms with Crippen LogP contribution in [0.15, 0.2) is 18.5 Å². The van der Waals surface area contributed by atoms with Crippen LogP contribution in [0.5, 0.6) is 0 Å². The third kappa shape index (κ3) is 5.56. The van der Waals surface area contributed by atoms with Gasteiger partial charge in [-0.25, -0.2) is 0 Å². The van der Waals surface area contributed by atoms with Gasteiger partial charge >= 0.3 is 6.18 Å². The number of anilines is 2. The average Bonchev–Trinajstić information content (AvgIpc) is 2.27. The second kappa shape index (κ2) is 6.37. The molecule has 0 atom stereocenters. The summed E-state index contributed by atoms with van der Waals surface area (Å²) in [6.07, 6.45) is -1.33. The summed E-state index contributed by atoms with van der Waals surface area (Å²) in [7, 11) is 3.57. The summed E-state index contributed by atoms with van der Waals surface area (Å²) >= 11 is 0. The number of rotatable bonds is 5. The van der Waals surface area contributed by atoms with E-state index < -0.39 is 25.2 Å². The van der Waals surface area contributed by atoms with Crippen LogP contribution in [0.3, 0.4) is 0 Å². The second-order valence-electron chi connectivity index (χ2n) is 4.05. The largest absolute Gasteiger partial charge is 0.401 e. The zero-order valence-corrected chi connectivity index (χ0v) is 10.6. The Morgan fingerprint density at radius 2 is 2.11 bits per heavy atom. The number of carbonyl (C=O) groups excluding carboxylic acids is 1. The highest BCUT2D eigenvalue weighted by Crippen LogP contribution is 2.21. The van der Waals surface area contributed by atoms with Crippen LogP contribution in [0.1, 0.15) is 0 Å². The van der Waals surface area contributed by atoms with Crippen LogP contribution in [0.4, 0.5) is 24.5 Å². The molecule has 19 heavy (non-hydrogen) atoms. The Bertz CT molecular complexity index is 434. The molecule has 1 aromatic rings. The predicted molar refractivity (Wildman–Crippen MR) is 66.1 cm³/mol. The minimum Gasteiger partial charge on any atom is -0.376 e. The Morgan fingerprint density at radius 1 is 1.42 bits per heavy atom. The lowest BCUT2D eigenvalue weighted by Gasteiger charge is -2.17. The molecule has 0 aliphatic heterocycles. The normalized spacial score (nSPS) is 11.2. The molecule has 2 N–H and O–H groups in total. The van der Waals surface area contributed by atoms with Crippen LogP contribution in [0.2, 0.25) is 0 Å². The topological polar surface area (TPSA) is 57.3 Å². The number of nitrogens with one attached hydrogen (secondary N) is 2. The molecule has 0 saturated carbocycles. The lowest BCUT2D eigenvalue weighted by Crippen LogP contribution is -2.35. The summed E-state index contributed by atoms with van der Waals surface area (Å²) in [4.78, 5) is 17.1. The van der Waals surface area contributed by atoms with Gasteiger partial charge in [0.05, 0.1) is 30.7 Å². The minimum atomic E-state index is -4.33. The van der Waals surface area contributed by atoms with Crippen LogP contribution < -0.4 is 15.5 Å². The zero-order chi connectivity index (χ0) is 14.5. The minimum absolute atomic E-state index is 0.415. The highest BCUT2D eigenvalue weighted by Gasteiger charge is 2.26. The molecule has 1 rings (SSSR count). The second-order valence-corrected chi connectivity index (χ2v) is 4.05. The van der Waals surface area contributed by atoms with E-state index in [1.807, 2.05) is 5.32 Å². The lowest BCUT2D eigenvalue weighted by molar-refractivity contribution is -0.126. The van der Waals surface area contributed by atoms with Gasteiger partial charge in [0.15, 0.2) is 0 Å². The lowest BCUT2D eigenvalue weighted by atomic mass is 10.3. The van der Waals surface area contributed by atoms with E-state index in [9.17, 15) is 18.0 Å². The summed E-state index contributed by atoms with van der Waals surface area (Å²) in [5.74, 6) is -0.555. The molecule has 0 aliphatic carbocycles. The molecule has 0 spiro atoms. The highest BCUT2D eigenvalue weighted by atomic mass is 19.4. The van der Waals surface area contributed by atoms with E-state index in [4.69, 9.17) is 0 Å². The van der Waals surface area contributed by atoms with E-state index in [0.717, 1.165) is 5.69 Å². The van der Waals surface area contributed by atoms with E-state index in [0.29, 0.717) is 5.69 Å². The number of hydrogen-bond acceptors (Lipinski definition) is 4. The van der Waals surface area contributed by atoms with Crippen LogP contribution in [0, 0.1) is 0 Å². The molecule has 1 amide bonds. The van der Waals surface area contributed by atoms with Crippen molar-refractivity contribution in [1.29, 1.82) is 0 Å². The Kier molecular flexibility index (Phi) is 5.11. The number of amides is 1. The van der Waals surface area contributed by atoms with Crippen molar-refractivity contribution in [2.45, 2.75) is 6.18 Å². The van der Waals surface area contributed by atoms with Crippen molar-refractivity contribution in [2.24, 2.45) is 0 Å². The number of carbonyl (C=O) groups is 1. The molecule has 106 valence electrons. The fourth-order valence-corrected chi connectivity index (χ4v) is 1.39. The van der Waals surface area contributed by atoms with Gasteiger partial charge in [0.25, 0.3) is 0 Å². The van der Waals surface area contributed by atoms with E-state index in [-0.39, 0.29) is 0 Å². The van der Waals surface area contributed by atoms with Crippen molar-refractivity contribution in [3.8, 4) is 0 Å². The van der Waals surface area contributed by atoms with Crippen molar-refractivity contribution in [3.05, 3.63) is 18.5 Å². The molecule has 0 aromatic carbocycles. The Balaban J connectivity index is 2.53. The Labute approximate surface area is 108 Å². The fourth-order valence-electron chi connectivity index (χ4n) is 1.39. The van der Waals surface area contributed by atoms with Gasteiger partial charge in [-0.1, -0.05) is 0 Å². The summed E-state index contributed by atoms with van der Waals surface area (Å²) < 4.78 is 35.7. The van der Waals surface area contributed by atoms with Crippen LogP contribution in [-0.2, 0) is 4.79 Å². The monoisotopic (exact) mass is 276 g/mol. The van der Waals surface area contributed by atoms with Gasteiger partial charge < -0.3 is 15.5 Å². The van der Waals surface area contributed by atoms with Crippen molar-refractivity contribution in [1.82, 2.24) is 10.3 Å². The van der Waals surface area contributed by atoms with Gasteiger partial charge in [0.2, 0.25) is 5.91 Å². The number of aromatic nitrogens is 1. The first-order valence-electron chi connectivity index (χ1n) is 5.48. The fraction of sp³-hybridized carbons (Fsp3) is 0.455. The highest BCUT2D eigenvalue weighted by molar-refractivity contribution is 5.95. The number of nitrogens with zero attached hydrogens (tertiary/aromatic N) is 2. The van der Waals surface area contributed by atoms with E-state index >= 15 is 0 Å². The molecule has 8 heteroatoms. The van der Waals surface area contributed by atoms with Crippen molar-refractivity contribution >= 4 is 17.3 Å². The maximum Gasteiger partial charge on any atom is 0.401 e. The van der Waals surface area contributed by atoms with E-state index in [2.05, 4.69) is 10.3 Å². The van der Waals surface area contributed by atoms with Crippen molar-refractivity contribution < 1.29 is 18.0 Å². The quantitative estimate of drug-likeness (QED) is 0.849. The molecule has 0 aliphatic rings. The van der Waals surface area contributed by atoms with Gasteiger partial charge in [-0.15, -0.1) is 0 Å². The maximum absolute atomic E-state index is 11.9. The molecule has 1 heterocycles. The van der Waals surface area contributed by atoms with Gasteiger partial charge in [-0.3, -0.25) is 9.78 Å². The molecule has 0 fully saturated rings. The van der Waals surface area contributed by atoms with Crippen LogP contribution >= 0.6 is 0 Å². The van der Waals surface area contributed by atoms with Crippen molar-refractivity contribution in [3.63, 3.8) is 0 Å². The molecule has 0 unspecified atom stereocenters. The van der Waals surface area contributed by atoms with Crippen molar-refractivity contribution in [2.75, 3.05) is 37.4 Å². The van der Waals surface area contributed by atoms with Gasteiger partial charge in [-0.05, 0) is 6.07 Å². The number of pyridine rings is 1. The maximum atomic E-state index is 11.9. The molecule has 0 saturated heterocycles. The predicted octanol–water partition coefficient (Wildman–Crippen LogP) is 1.24. The van der Waals surface area contributed by atoms with E-state index in [1.54, 1.807) is 31.3 Å². The molecule has 0 radical (unpaired) electrons. The average molecular weight is 276 g/mol. The first kappa shape index (κ1) is 15.2. The standard InChI is InChI=1S/C11H15F3N4O/c1-18(2)9-3-4-15-5-8(9)17-10(19)6-16-7-11(12,13)14/h3-5,16H,6-7H2,1-2H3,(H,17,19). The third-order valence-corrected chi connectivity index (χ3v) is 2.16. The summed E-state index contributed by atoms with van der Waals surface area (Å²) in [6.45, 7) is -1.62. The van der Waals surface area contributed by atoms with Gasteiger partial charge in [-0.2, -0.15) is 13.2 Å². The Morgan fingerprint density at radius 3 is 2.68 bits per heavy atom. The SMILES string of the molecule is CN(C)c1ccncc1NC(=O)CNCC(F)(F)F. The smallest absolute Gasteiger partial charge is 0.376 e. The van der Waals surface area contributed by atoms with E-state index in [1.165, 1.54) is 6.20 Å². The summed E-state index contributed by atoms with van der Waals surface area (Å²) in [6, 6.07) is 1.69. The molecule has 1 aromatic heterocycles. The first-order valence-corrected chi connectivity index (χ1v) is 5.48. The summed E-state index contributed by atoms with van der Waals surface area (Å²) in [5, 5.41) is 4.53. The Hall–Kier alpha value is -1.83. The molecular formula is C11H15F3N4O. The molecule has 5 nitrogen and oxygen atoms in total. The zero-order valence-electron chi connectivity index (χ0n) is 10.6. The van der Waals surface area contributed by atoms with Gasteiger partial charge in [0.1, 0.15) is 0 Å². The first-order chi connectivity index (χ1) is 8.79. The number of alkyl halides is 3. The molecular weight excluding hydrogens is 261 g/mol. The summed E-state index contributed by atoms with van der Waals surface area (Å²) in [5.41, 5.74) is 1.17. The van der Waals surface area contributed by atoms with Gasteiger partial charge in [0, 0.05) is 20.3 Å². The number of halogens is 3.